The summed E-state index contributed by atoms with van der Waals surface area (Å²) in [6.07, 6.45) is 0. The van der Waals surface area contributed by atoms with Gasteiger partial charge in [-0.2, -0.15) is 0 Å². The molecule has 0 bridgehead atoms. The molecule has 2 aromatic carbocycles. The molecule has 3 aromatic rings. The van der Waals surface area contributed by atoms with Gasteiger partial charge in [-0.05, 0) is 42.5 Å². The number of amides is 1. The second-order valence-corrected chi connectivity index (χ2v) is 9.35. The average Bonchev–Trinajstić information content (AvgIpc) is 3.02. The van der Waals surface area contributed by atoms with E-state index < -0.39 is 10.0 Å². The summed E-state index contributed by atoms with van der Waals surface area (Å²) in [6, 6.07) is 11.3. The quantitative estimate of drug-likeness (QED) is 0.655. The van der Waals surface area contributed by atoms with Gasteiger partial charge in [0.15, 0.2) is 11.7 Å². The van der Waals surface area contributed by atoms with Crippen LogP contribution in [0.4, 0.5) is 5.13 Å². The van der Waals surface area contributed by atoms with E-state index in [2.05, 4.69) is 10.3 Å². The zero-order valence-electron chi connectivity index (χ0n) is 14.5. The van der Waals surface area contributed by atoms with Crippen LogP contribution in [-0.2, 0) is 14.8 Å². The van der Waals surface area contributed by atoms with Crippen molar-refractivity contribution >= 4 is 54.2 Å². The van der Waals surface area contributed by atoms with E-state index >= 15 is 0 Å². The van der Waals surface area contributed by atoms with Crippen molar-refractivity contribution in [3.05, 3.63) is 47.5 Å². The maximum absolute atomic E-state index is 12.2. The average molecular weight is 426 g/mol. The lowest BCUT2D eigenvalue weighted by Gasteiger charge is -2.10. The van der Waals surface area contributed by atoms with Gasteiger partial charge in [0.05, 0.1) is 15.1 Å². The topological polar surface area (TPSA) is 88.6 Å². The molecule has 7 nitrogen and oxygen atoms in total. The molecule has 0 saturated carbocycles. The van der Waals surface area contributed by atoms with E-state index in [0.29, 0.717) is 26.1 Å². The Labute approximate surface area is 165 Å². The first-order valence-electron chi connectivity index (χ1n) is 7.77. The third-order valence-corrected chi connectivity index (χ3v) is 6.57. The van der Waals surface area contributed by atoms with E-state index in [0.717, 1.165) is 4.31 Å². The Morgan fingerprint density at radius 3 is 2.59 bits per heavy atom. The Balaban J connectivity index is 1.70. The number of halogens is 1. The van der Waals surface area contributed by atoms with Gasteiger partial charge in [0, 0.05) is 19.1 Å². The standard InChI is InChI=1S/C17H16ClN3O4S2/c1-21(2)27(23,24)13-7-8-14-15(9-13)26-17(19-14)20-16(22)10-25-12-5-3-11(18)4-6-12/h3-9H,10H2,1-2H3,(H,19,20,22). The van der Waals surface area contributed by atoms with Crippen LogP contribution < -0.4 is 10.1 Å². The number of benzene rings is 2. The van der Waals surface area contributed by atoms with Gasteiger partial charge in [0.2, 0.25) is 10.0 Å². The SMILES string of the molecule is CN(C)S(=O)(=O)c1ccc2nc(NC(=O)COc3ccc(Cl)cc3)sc2c1. The highest BCUT2D eigenvalue weighted by molar-refractivity contribution is 7.89. The number of anilines is 1. The van der Waals surface area contributed by atoms with Crippen molar-refractivity contribution in [1.82, 2.24) is 9.29 Å². The third-order valence-electron chi connectivity index (χ3n) is 3.57. The summed E-state index contributed by atoms with van der Waals surface area (Å²) in [7, 11) is -0.587. The molecule has 0 spiro atoms. The van der Waals surface area contributed by atoms with E-state index in [1.54, 1.807) is 36.4 Å². The predicted molar refractivity (Wildman–Crippen MR) is 106 cm³/mol. The smallest absolute Gasteiger partial charge is 0.264 e. The number of rotatable bonds is 6. The van der Waals surface area contributed by atoms with Crippen LogP contribution in [0.5, 0.6) is 5.75 Å². The Morgan fingerprint density at radius 1 is 1.22 bits per heavy atom. The zero-order valence-corrected chi connectivity index (χ0v) is 16.9. The number of carbonyl (C=O) groups is 1. The van der Waals surface area contributed by atoms with Gasteiger partial charge in [0.25, 0.3) is 5.91 Å². The number of aromatic nitrogens is 1. The van der Waals surface area contributed by atoms with Crippen LogP contribution in [0, 0.1) is 0 Å². The molecule has 0 fully saturated rings. The third kappa shape index (κ3) is 4.56. The van der Waals surface area contributed by atoms with Crippen molar-refractivity contribution in [2.45, 2.75) is 4.90 Å². The Bertz CT molecular complexity index is 1080. The summed E-state index contributed by atoms with van der Waals surface area (Å²) in [5.74, 6) is 0.155. The first-order chi connectivity index (χ1) is 12.8. The second-order valence-electron chi connectivity index (χ2n) is 5.73. The molecule has 27 heavy (non-hydrogen) atoms. The van der Waals surface area contributed by atoms with Crippen LogP contribution in [0.15, 0.2) is 47.4 Å². The molecule has 0 atom stereocenters. The van der Waals surface area contributed by atoms with Gasteiger partial charge >= 0.3 is 0 Å². The molecule has 0 saturated heterocycles. The van der Waals surface area contributed by atoms with Gasteiger partial charge in [-0.3, -0.25) is 10.1 Å². The lowest BCUT2D eigenvalue weighted by Crippen LogP contribution is -2.22. The van der Waals surface area contributed by atoms with Crippen LogP contribution in [0.2, 0.25) is 5.02 Å². The van der Waals surface area contributed by atoms with Gasteiger partial charge in [0.1, 0.15) is 5.75 Å². The molecule has 3 rings (SSSR count). The molecule has 1 N–H and O–H groups in total. The normalized spacial score (nSPS) is 11.7. The minimum Gasteiger partial charge on any atom is -0.484 e. The van der Waals surface area contributed by atoms with Crippen molar-refractivity contribution in [2.75, 3.05) is 26.0 Å². The lowest BCUT2D eigenvalue weighted by molar-refractivity contribution is -0.118. The fourth-order valence-electron chi connectivity index (χ4n) is 2.16. The molecule has 0 radical (unpaired) electrons. The number of fused-ring (bicyclic) bond motifs is 1. The summed E-state index contributed by atoms with van der Waals surface area (Å²) in [5, 5.41) is 3.60. The molecule has 142 valence electrons. The minimum atomic E-state index is -3.53. The van der Waals surface area contributed by atoms with Crippen LogP contribution >= 0.6 is 22.9 Å². The van der Waals surface area contributed by atoms with E-state index in [1.165, 1.54) is 31.5 Å². The summed E-state index contributed by atoms with van der Waals surface area (Å²) >= 11 is 6.99. The van der Waals surface area contributed by atoms with Gasteiger partial charge in [-0.15, -0.1) is 0 Å². The fraction of sp³-hybridized carbons (Fsp3) is 0.176. The first-order valence-corrected chi connectivity index (χ1v) is 10.4. The Kier molecular flexibility index (Phi) is 5.66. The second kappa shape index (κ2) is 7.81. The maximum Gasteiger partial charge on any atom is 0.264 e. The van der Waals surface area contributed by atoms with Crippen molar-refractivity contribution in [2.24, 2.45) is 0 Å². The molecule has 1 heterocycles. The van der Waals surface area contributed by atoms with Crippen LogP contribution in [0.3, 0.4) is 0 Å². The number of nitrogens with one attached hydrogen (secondary N) is 1. The maximum atomic E-state index is 12.2. The van der Waals surface area contributed by atoms with E-state index in [9.17, 15) is 13.2 Å². The summed E-state index contributed by atoms with van der Waals surface area (Å²) in [5.41, 5.74) is 0.603. The fourth-order valence-corrected chi connectivity index (χ4v) is 4.22. The highest BCUT2D eigenvalue weighted by atomic mass is 35.5. The molecular weight excluding hydrogens is 410 g/mol. The molecule has 1 aromatic heterocycles. The largest absolute Gasteiger partial charge is 0.484 e. The zero-order chi connectivity index (χ0) is 19.6. The minimum absolute atomic E-state index is 0.174. The number of ether oxygens (including phenoxy) is 1. The molecule has 0 aliphatic carbocycles. The number of sulfonamides is 1. The number of hydrogen-bond acceptors (Lipinski definition) is 6. The van der Waals surface area contributed by atoms with Crippen molar-refractivity contribution in [3.63, 3.8) is 0 Å². The monoisotopic (exact) mass is 425 g/mol. The van der Waals surface area contributed by atoms with Crippen LogP contribution in [0.25, 0.3) is 10.2 Å². The van der Waals surface area contributed by atoms with E-state index in [-0.39, 0.29) is 17.4 Å². The Morgan fingerprint density at radius 2 is 1.93 bits per heavy atom. The number of hydrogen-bond donors (Lipinski definition) is 1. The molecule has 0 aliphatic rings. The van der Waals surface area contributed by atoms with E-state index in [4.69, 9.17) is 16.3 Å². The van der Waals surface area contributed by atoms with Gasteiger partial charge < -0.3 is 4.74 Å². The van der Waals surface area contributed by atoms with Crippen LogP contribution in [0.1, 0.15) is 0 Å². The van der Waals surface area contributed by atoms with Crippen molar-refractivity contribution < 1.29 is 17.9 Å². The number of thiazole rings is 1. The van der Waals surface area contributed by atoms with Gasteiger partial charge in [-0.25, -0.2) is 17.7 Å². The molecule has 0 aliphatic heterocycles. The summed E-state index contributed by atoms with van der Waals surface area (Å²) in [4.78, 5) is 16.5. The number of nitrogens with zero attached hydrogens (tertiary/aromatic N) is 2. The highest BCUT2D eigenvalue weighted by Crippen LogP contribution is 2.28. The Hall–Kier alpha value is -2.20. The van der Waals surface area contributed by atoms with Crippen molar-refractivity contribution in [3.8, 4) is 5.75 Å². The first kappa shape index (κ1) is 19.6. The molecule has 0 unspecified atom stereocenters. The summed E-state index contributed by atoms with van der Waals surface area (Å²) < 4.78 is 31.6. The molecule has 1 amide bonds. The molecule has 10 heteroatoms. The lowest BCUT2D eigenvalue weighted by atomic mass is 10.3. The summed E-state index contributed by atoms with van der Waals surface area (Å²) in [6.45, 7) is -0.183. The van der Waals surface area contributed by atoms with Crippen LogP contribution in [-0.4, -0.2) is 44.3 Å². The number of carbonyl (C=O) groups excluding carboxylic acids is 1. The van der Waals surface area contributed by atoms with Crippen molar-refractivity contribution in [1.29, 1.82) is 0 Å². The van der Waals surface area contributed by atoms with E-state index in [1.807, 2.05) is 0 Å². The predicted octanol–water partition coefficient (Wildman–Crippen LogP) is 3.22. The highest BCUT2D eigenvalue weighted by Gasteiger charge is 2.18. The van der Waals surface area contributed by atoms with Gasteiger partial charge in [-0.1, -0.05) is 22.9 Å². The molecular formula is C17H16ClN3O4S2.